The third-order valence-electron chi connectivity index (χ3n) is 2.52. The van der Waals surface area contributed by atoms with Crippen LogP contribution < -0.4 is 0 Å². The fourth-order valence-electron chi connectivity index (χ4n) is 1.78. The zero-order valence-electron chi connectivity index (χ0n) is 7.72. The minimum Gasteiger partial charge on any atom is -0.154 e. The van der Waals surface area contributed by atoms with Gasteiger partial charge in [0.25, 0.3) is 0 Å². The first-order chi connectivity index (χ1) is 6.27. The molecule has 1 heterocycles. The van der Waals surface area contributed by atoms with Crippen molar-refractivity contribution in [2.75, 3.05) is 5.75 Å². The maximum atomic E-state index is 3.53. The van der Waals surface area contributed by atoms with Gasteiger partial charge in [-0.25, -0.2) is 0 Å². The molecule has 1 unspecified atom stereocenters. The van der Waals surface area contributed by atoms with E-state index in [-0.39, 0.29) is 0 Å². The highest BCUT2D eigenvalue weighted by molar-refractivity contribution is 9.10. The molecule has 0 amide bonds. The van der Waals surface area contributed by atoms with Gasteiger partial charge in [0, 0.05) is 9.72 Å². The molecule has 0 nitrogen and oxygen atoms in total. The number of hydrogen-bond donors (Lipinski definition) is 0. The van der Waals surface area contributed by atoms with E-state index in [1.807, 2.05) is 0 Å². The fraction of sp³-hybridized carbons (Fsp3) is 0.455. The van der Waals surface area contributed by atoms with E-state index < -0.39 is 0 Å². The van der Waals surface area contributed by atoms with Gasteiger partial charge in [-0.2, -0.15) is 11.8 Å². The van der Waals surface area contributed by atoms with Crippen LogP contribution in [0.2, 0.25) is 0 Å². The van der Waals surface area contributed by atoms with E-state index in [0.717, 1.165) is 5.25 Å². The molecule has 13 heavy (non-hydrogen) atoms. The van der Waals surface area contributed by atoms with Crippen LogP contribution in [0.25, 0.3) is 0 Å². The number of halogens is 1. The van der Waals surface area contributed by atoms with Gasteiger partial charge in [-0.05, 0) is 48.8 Å². The third-order valence-corrected chi connectivity index (χ3v) is 4.43. The van der Waals surface area contributed by atoms with Crippen LogP contribution in [0.3, 0.4) is 0 Å². The van der Waals surface area contributed by atoms with E-state index in [1.54, 1.807) is 0 Å². The molecule has 1 aromatic rings. The second kappa shape index (κ2) is 4.05. The van der Waals surface area contributed by atoms with Crippen LogP contribution >= 0.6 is 27.7 Å². The molecule has 1 atom stereocenters. The Morgan fingerprint density at radius 2 is 2.31 bits per heavy atom. The van der Waals surface area contributed by atoms with Gasteiger partial charge in [-0.1, -0.05) is 22.0 Å². The van der Waals surface area contributed by atoms with Crippen molar-refractivity contribution < 1.29 is 0 Å². The predicted molar refractivity (Wildman–Crippen MR) is 63.3 cm³/mol. The molecule has 1 aliphatic heterocycles. The lowest BCUT2D eigenvalue weighted by molar-refractivity contribution is 0.824. The summed E-state index contributed by atoms with van der Waals surface area (Å²) in [4.78, 5) is 0. The number of thioether (sulfide) groups is 1. The molecule has 1 fully saturated rings. The molecule has 0 aliphatic carbocycles. The molecule has 0 spiro atoms. The second-order valence-corrected chi connectivity index (χ2v) is 5.73. The Labute approximate surface area is 92.2 Å². The zero-order valence-corrected chi connectivity index (χ0v) is 10.1. The Morgan fingerprint density at radius 1 is 1.46 bits per heavy atom. The Hall–Kier alpha value is 0.0500. The molecule has 0 radical (unpaired) electrons. The first-order valence-electron chi connectivity index (χ1n) is 4.65. The minimum atomic E-state index is 0.748. The van der Waals surface area contributed by atoms with Crippen LogP contribution in [0.1, 0.15) is 29.2 Å². The second-order valence-electron chi connectivity index (χ2n) is 3.50. The summed E-state index contributed by atoms with van der Waals surface area (Å²) in [5.74, 6) is 1.33. The first-order valence-corrected chi connectivity index (χ1v) is 6.49. The van der Waals surface area contributed by atoms with Crippen molar-refractivity contribution in [2.24, 2.45) is 0 Å². The maximum absolute atomic E-state index is 3.53. The molecule has 2 rings (SSSR count). The third kappa shape index (κ3) is 2.10. The summed E-state index contributed by atoms with van der Waals surface area (Å²) < 4.78 is 1.21. The highest BCUT2D eigenvalue weighted by atomic mass is 79.9. The Bertz CT molecular complexity index is 303. The zero-order chi connectivity index (χ0) is 9.26. The summed E-state index contributed by atoms with van der Waals surface area (Å²) in [6.07, 6.45) is 2.73. The van der Waals surface area contributed by atoms with Gasteiger partial charge in [0.15, 0.2) is 0 Å². The Kier molecular flexibility index (Phi) is 2.99. The van der Waals surface area contributed by atoms with Gasteiger partial charge >= 0.3 is 0 Å². The molecule has 1 aliphatic rings. The summed E-state index contributed by atoms with van der Waals surface area (Å²) in [7, 11) is 0. The molecule has 1 aromatic carbocycles. The van der Waals surface area contributed by atoms with E-state index in [9.17, 15) is 0 Å². The van der Waals surface area contributed by atoms with Crippen molar-refractivity contribution in [3.05, 3.63) is 33.8 Å². The van der Waals surface area contributed by atoms with Crippen LogP contribution in [-0.4, -0.2) is 5.75 Å². The van der Waals surface area contributed by atoms with Gasteiger partial charge in [0.05, 0.1) is 0 Å². The van der Waals surface area contributed by atoms with E-state index in [4.69, 9.17) is 0 Å². The molecule has 0 N–H and O–H groups in total. The first kappa shape index (κ1) is 9.60. The van der Waals surface area contributed by atoms with Gasteiger partial charge in [-0.15, -0.1) is 0 Å². The monoisotopic (exact) mass is 256 g/mol. The lowest BCUT2D eigenvalue weighted by atomic mass is 10.0. The van der Waals surface area contributed by atoms with E-state index in [2.05, 4.69) is 52.8 Å². The maximum Gasteiger partial charge on any atom is 0.0300 e. The predicted octanol–water partition coefficient (Wildman–Crippen LogP) is 4.33. The molecular formula is C11H13BrS. The normalized spacial score (nSPS) is 22.2. The molecule has 0 saturated carbocycles. The summed E-state index contributed by atoms with van der Waals surface area (Å²) >= 11 is 5.63. The van der Waals surface area contributed by atoms with Crippen molar-refractivity contribution >= 4 is 27.7 Å². The van der Waals surface area contributed by atoms with Crippen LogP contribution in [-0.2, 0) is 0 Å². The standard InChI is InChI=1S/C11H13BrS/c1-8-4-5-9(12)7-10(8)11-3-2-6-13-11/h4-5,7,11H,2-3,6H2,1H3. The van der Waals surface area contributed by atoms with E-state index >= 15 is 0 Å². The molecular weight excluding hydrogens is 244 g/mol. The molecule has 0 bridgehead atoms. The largest absolute Gasteiger partial charge is 0.154 e. The van der Waals surface area contributed by atoms with Crippen LogP contribution in [0.15, 0.2) is 22.7 Å². The number of rotatable bonds is 1. The van der Waals surface area contributed by atoms with Crippen LogP contribution in [0.4, 0.5) is 0 Å². The quantitative estimate of drug-likeness (QED) is 0.721. The molecule has 0 aromatic heterocycles. The summed E-state index contributed by atoms with van der Waals surface area (Å²) in [5.41, 5.74) is 2.96. The minimum absolute atomic E-state index is 0.748. The van der Waals surface area contributed by atoms with Crippen molar-refractivity contribution in [1.29, 1.82) is 0 Å². The number of hydrogen-bond acceptors (Lipinski definition) is 1. The van der Waals surface area contributed by atoms with Gasteiger partial charge in [0.1, 0.15) is 0 Å². The fourth-order valence-corrected chi connectivity index (χ4v) is 3.54. The smallest absolute Gasteiger partial charge is 0.0300 e. The summed E-state index contributed by atoms with van der Waals surface area (Å²) in [6.45, 7) is 2.21. The van der Waals surface area contributed by atoms with Gasteiger partial charge in [-0.3, -0.25) is 0 Å². The van der Waals surface area contributed by atoms with E-state index in [1.165, 1.54) is 34.2 Å². The van der Waals surface area contributed by atoms with Crippen molar-refractivity contribution in [1.82, 2.24) is 0 Å². The average Bonchev–Trinajstić information content (AvgIpc) is 2.61. The van der Waals surface area contributed by atoms with Crippen molar-refractivity contribution in [3.63, 3.8) is 0 Å². The Morgan fingerprint density at radius 3 is 3.00 bits per heavy atom. The van der Waals surface area contributed by atoms with E-state index in [0.29, 0.717) is 0 Å². The van der Waals surface area contributed by atoms with Crippen LogP contribution in [0, 0.1) is 6.92 Å². The number of benzene rings is 1. The van der Waals surface area contributed by atoms with Gasteiger partial charge in [0.2, 0.25) is 0 Å². The van der Waals surface area contributed by atoms with Gasteiger partial charge < -0.3 is 0 Å². The van der Waals surface area contributed by atoms with Crippen molar-refractivity contribution in [2.45, 2.75) is 25.0 Å². The SMILES string of the molecule is Cc1ccc(Br)cc1C1CCCS1. The highest BCUT2D eigenvalue weighted by Crippen LogP contribution is 2.41. The average molecular weight is 257 g/mol. The lowest BCUT2D eigenvalue weighted by Gasteiger charge is -2.12. The summed E-state index contributed by atoms with van der Waals surface area (Å²) in [6, 6.07) is 6.61. The summed E-state index contributed by atoms with van der Waals surface area (Å²) in [5, 5.41) is 0.748. The molecule has 2 heteroatoms. The highest BCUT2D eigenvalue weighted by Gasteiger charge is 2.19. The number of aryl methyl sites for hydroxylation is 1. The lowest BCUT2D eigenvalue weighted by Crippen LogP contribution is -1.92. The van der Waals surface area contributed by atoms with Crippen molar-refractivity contribution in [3.8, 4) is 0 Å². The topological polar surface area (TPSA) is 0 Å². The Balaban J connectivity index is 2.32. The molecule has 70 valence electrons. The molecule has 1 saturated heterocycles. The van der Waals surface area contributed by atoms with Crippen LogP contribution in [0.5, 0.6) is 0 Å².